The lowest BCUT2D eigenvalue weighted by Crippen LogP contribution is -2.26. The van der Waals surface area contributed by atoms with E-state index in [0.29, 0.717) is 5.75 Å². The van der Waals surface area contributed by atoms with E-state index in [9.17, 15) is 9.90 Å². The molecular weight excluding hydrogens is 164 g/mol. The van der Waals surface area contributed by atoms with Crippen LogP contribution in [0.3, 0.4) is 0 Å². The van der Waals surface area contributed by atoms with Crippen molar-refractivity contribution in [2.75, 3.05) is 19.0 Å². The summed E-state index contributed by atoms with van der Waals surface area (Å²) in [5, 5.41) is 18.7. The summed E-state index contributed by atoms with van der Waals surface area (Å²) in [4.78, 5) is 11.1. The first-order valence-corrected chi connectivity index (χ1v) is 4.39. The van der Waals surface area contributed by atoms with Crippen molar-refractivity contribution in [3.8, 4) is 0 Å². The first kappa shape index (κ1) is 10.9. The van der Waals surface area contributed by atoms with Crippen LogP contribution in [-0.4, -0.2) is 29.2 Å². The van der Waals surface area contributed by atoms with Gasteiger partial charge in [-0.2, -0.15) is 0 Å². The lowest BCUT2D eigenvalue weighted by molar-refractivity contribution is -0.119. The third-order valence-corrected chi connectivity index (χ3v) is 2.45. The highest BCUT2D eigenvalue weighted by molar-refractivity contribution is 8.13. The fourth-order valence-electron chi connectivity index (χ4n) is 0.394. The van der Waals surface area contributed by atoms with Crippen LogP contribution in [0, 0.1) is 5.41 Å². The molecule has 3 nitrogen and oxygen atoms in total. The summed E-state index contributed by atoms with van der Waals surface area (Å²) in [7, 11) is 0. The Morgan fingerprint density at radius 2 is 2.09 bits per heavy atom. The zero-order valence-corrected chi connectivity index (χ0v) is 7.61. The predicted octanol–water partition coefficient (Wildman–Crippen LogP) is 0.695. The van der Waals surface area contributed by atoms with Crippen molar-refractivity contribution in [1.82, 2.24) is 0 Å². The van der Waals surface area contributed by atoms with Crippen LogP contribution >= 0.6 is 11.8 Å². The van der Waals surface area contributed by atoms with Gasteiger partial charge in [-0.25, -0.2) is 5.11 Å². The monoisotopic (exact) mass is 177 g/mol. The van der Waals surface area contributed by atoms with Gasteiger partial charge in [0.15, 0.2) is 5.12 Å². The summed E-state index contributed by atoms with van der Waals surface area (Å²) in [6.45, 7) is 2.90. The van der Waals surface area contributed by atoms with Gasteiger partial charge in [-0.3, -0.25) is 4.79 Å². The zero-order chi connectivity index (χ0) is 8.91. The normalized spacial score (nSPS) is 11.6. The van der Waals surface area contributed by atoms with E-state index < -0.39 is 5.41 Å². The molecule has 0 heterocycles. The van der Waals surface area contributed by atoms with Crippen LogP contribution in [0.1, 0.15) is 13.8 Å². The average molecular weight is 177 g/mol. The van der Waals surface area contributed by atoms with Crippen molar-refractivity contribution in [3.63, 3.8) is 0 Å². The maximum absolute atomic E-state index is 11.1. The number of aliphatic hydroxyl groups is 1. The van der Waals surface area contributed by atoms with E-state index in [4.69, 9.17) is 5.11 Å². The Bertz CT molecular complexity index is 134. The largest absolute Gasteiger partial charge is 0.395 e. The molecule has 0 aromatic carbocycles. The first-order chi connectivity index (χ1) is 5.04. The lowest BCUT2D eigenvalue weighted by Gasteiger charge is -2.18. The van der Waals surface area contributed by atoms with Crippen LogP contribution in [0.2, 0.25) is 0 Å². The van der Waals surface area contributed by atoms with E-state index in [-0.39, 0.29) is 18.3 Å². The molecule has 0 aliphatic heterocycles. The lowest BCUT2D eigenvalue weighted by atomic mass is 9.97. The van der Waals surface area contributed by atoms with Gasteiger partial charge in [0, 0.05) is 5.75 Å². The number of carbonyl (C=O) groups excluding carboxylic acids is 1. The van der Waals surface area contributed by atoms with Crippen molar-refractivity contribution < 1.29 is 15.0 Å². The van der Waals surface area contributed by atoms with Crippen molar-refractivity contribution >= 4 is 16.9 Å². The topological polar surface area (TPSA) is 57.2 Å². The second-order valence-electron chi connectivity index (χ2n) is 2.88. The fraction of sp³-hybridized carbons (Fsp3) is 0.857. The first-order valence-electron chi connectivity index (χ1n) is 3.41. The summed E-state index contributed by atoms with van der Waals surface area (Å²) in [5.74, 6) is 0.294. The number of thioether (sulfide) groups is 1. The summed E-state index contributed by atoms with van der Waals surface area (Å²) < 4.78 is 0. The van der Waals surface area contributed by atoms with Gasteiger partial charge in [0.05, 0.1) is 18.6 Å². The Kier molecular flexibility index (Phi) is 4.72. The van der Waals surface area contributed by atoms with Gasteiger partial charge in [0.2, 0.25) is 0 Å². The van der Waals surface area contributed by atoms with E-state index in [2.05, 4.69) is 0 Å². The highest BCUT2D eigenvalue weighted by Crippen LogP contribution is 2.22. The van der Waals surface area contributed by atoms with Gasteiger partial charge in [-0.1, -0.05) is 11.8 Å². The summed E-state index contributed by atoms with van der Waals surface area (Å²) in [5.41, 5.74) is -0.708. The van der Waals surface area contributed by atoms with Crippen LogP contribution in [0.25, 0.3) is 0 Å². The molecule has 0 aliphatic carbocycles. The molecule has 0 amide bonds. The number of hydrogen-bond donors (Lipinski definition) is 1. The van der Waals surface area contributed by atoms with Gasteiger partial charge < -0.3 is 5.11 Å². The smallest absolute Gasteiger partial charge is 0.196 e. The molecule has 0 aliphatic rings. The minimum absolute atomic E-state index is 0.115. The maximum Gasteiger partial charge on any atom is 0.196 e. The molecule has 0 spiro atoms. The van der Waals surface area contributed by atoms with E-state index in [1.54, 1.807) is 13.8 Å². The Morgan fingerprint density at radius 1 is 1.55 bits per heavy atom. The predicted molar refractivity (Wildman–Crippen MR) is 43.9 cm³/mol. The number of carbonyl (C=O) groups is 1. The molecular formula is C7H13O3S. The van der Waals surface area contributed by atoms with Crippen molar-refractivity contribution in [2.45, 2.75) is 13.8 Å². The average Bonchev–Trinajstić information content (AvgIpc) is 2.00. The van der Waals surface area contributed by atoms with E-state index in [1.807, 2.05) is 0 Å². The standard InChI is InChI=1S/C7H13O3S/c1-7(2,5-9)6(10)11-4-3-8/h9H,3-5H2,1-2H3. The molecule has 0 aromatic heterocycles. The van der Waals surface area contributed by atoms with Crippen LogP contribution in [0.15, 0.2) is 0 Å². The van der Waals surface area contributed by atoms with Gasteiger partial charge in [0.25, 0.3) is 0 Å². The SMILES string of the molecule is CC(C)(CO)C(=O)SCC[O]. The molecule has 11 heavy (non-hydrogen) atoms. The second-order valence-corrected chi connectivity index (χ2v) is 3.95. The molecule has 65 valence electrons. The summed E-state index contributed by atoms with van der Waals surface area (Å²) >= 11 is 0.997. The van der Waals surface area contributed by atoms with E-state index in [0.717, 1.165) is 11.8 Å². The van der Waals surface area contributed by atoms with Crippen LogP contribution in [-0.2, 0) is 9.90 Å². The van der Waals surface area contributed by atoms with Gasteiger partial charge >= 0.3 is 0 Å². The van der Waals surface area contributed by atoms with E-state index in [1.165, 1.54) is 0 Å². The third kappa shape index (κ3) is 3.74. The maximum atomic E-state index is 11.1. The van der Waals surface area contributed by atoms with Crippen LogP contribution < -0.4 is 0 Å². The number of aliphatic hydroxyl groups excluding tert-OH is 1. The second kappa shape index (κ2) is 4.74. The molecule has 0 saturated heterocycles. The fourth-order valence-corrected chi connectivity index (χ4v) is 1.12. The number of hydrogen-bond acceptors (Lipinski definition) is 3. The summed E-state index contributed by atoms with van der Waals surface area (Å²) in [6.07, 6.45) is 0. The van der Waals surface area contributed by atoms with Crippen molar-refractivity contribution in [3.05, 3.63) is 0 Å². The molecule has 1 N–H and O–H groups in total. The van der Waals surface area contributed by atoms with Crippen LogP contribution in [0.5, 0.6) is 0 Å². The van der Waals surface area contributed by atoms with Gasteiger partial charge in [-0.15, -0.1) is 0 Å². The minimum atomic E-state index is -0.708. The quantitative estimate of drug-likeness (QED) is 0.687. The van der Waals surface area contributed by atoms with Crippen LogP contribution in [0.4, 0.5) is 0 Å². The van der Waals surface area contributed by atoms with Crippen molar-refractivity contribution in [1.29, 1.82) is 0 Å². The zero-order valence-electron chi connectivity index (χ0n) is 6.79. The molecule has 0 rings (SSSR count). The van der Waals surface area contributed by atoms with E-state index >= 15 is 0 Å². The van der Waals surface area contributed by atoms with Gasteiger partial charge in [-0.05, 0) is 13.8 Å². The molecule has 4 heteroatoms. The molecule has 0 unspecified atom stereocenters. The molecule has 0 bridgehead atoms. The number of rotatable bonds is 4. The summed E-state index contributed by atoms with van der Waals surface area (Å²) in [6, 6.07) is 0. The molecule has 0 atom stereocenters. The van der Waals surface area contributed by atoms with Gasteiger partial charge in [0.1, 0.15) is 0 Å². The molecule has 0 saturated carbocycles. The Hall–Kier alpha value is -0.0600. The minimum Gasteiger partial charge on any atom is -0.395 e. The Balaban J connectivity index is 3.82. The highest BCUT2D eigenvalue weighted by Gasteiger charge is 2.26. The third-order valence-electron chi connectivity index (χ3n) is 1.26. The molecule has 0 fully saturated rings. The highest BCUT2D eigenvalue weighted by atomic mass is 32.2. The van der Waals surface area contributed by atoms with Crippen molar-refractivity contribution in [2.24, 2.45) is 5.41 Å². The molecule has 1 radical (unpaired) electrons. The Morgan fingerprint density at radius 3 is 2.45 bits per heavy atom. The Labute approximate surface area is 70.8 Å². The molecule has 0 aromatic rings.